The molecular weight excluding hydrogens is 312 g/mol. The van der Waals surface area contributed by atoms with Crippen molar-refractivity contribution in [2.75, 3.05) is 5.32 Å². The predicted octanol–water partition coefficient (Wildman–Crippen LogP) is 3.42. The summed E-state index contributed by atoms with van der Waals surface area (Å²) < 4.78 is 1.86. The van der Waals surface area contributed by atoms with Crippen LogP contribution in [0.15, 0.2) is 24.3 Å². The quantitative estimate of drug-likeness (QED) is 0.785. The maximum atomic E-state index is 11.6. The Morgan fingerprint density at radius 2 is 2.17 bits per heavy atom. The lowest BCUT2D eigenvalue weighted by atomic mass is 10.0. The fourth-order valence-electron chi connectivity index (χ4n) is 3.02. The van der Waals surface area contributed by atoms with Gasteiger partial charge in [0.2, 0.25) is 5.91 Å². The van der Waals surface area contributed by atoms with Crippen molar-refractivity contribution in [3.63, 3.8) is 0 Å². The van der Waals surface area contributed by atoms with Gasteiger partial charge in [-0.2, -0.15) is 5.10 Å². The lowest BCUT2D eigenvalue weighted by Gasteiger charge is -2.11. The van der Waals surface area contributed by atoms with E-state index in [9.17, 15) is 4.79 Å². The van der Waals surface area contributed by atoms with E-state index in [1.165, 1.54) is 0 Å². The van der Waals surface area contributed by atoms with Crippen LogP contribution in [0.4, 0.5) is 5.69 Å². The molecule has 3 heterocycles. The Morgan fingerprint density at radius 1 is 1.35 bits per heavy atom. The molecule has 0 bridgehead atoms. The maximum Gasteiger partial charge on any atom is 0.228 e. The van der Waals surface area contributed by atoms with Gasteiger partial charge in [-0.05, 0) is 36.2 Å². The predicted molar refractivity (Wildman–Crippen MR) is 89.9 cm³/mol. The topological polar surface area (TPSA) is 59.3 Å². The molecule has 1 aliphatic rings. The summed E-state index contributed by atoms with van der Waals surface area (Å²) in [6.45, 7) is 4.07. The second kappa shape index (κ2) is 5.06. The smallest absolute Gasteiger partial charge is 0.228 e. The summed E-state index contributed by atoms with van der Waals surface area (Å²) >= 11 is 6.37. The molecule has 0 spiro atoms. The van der Waals surface area contributed by atoms with Crippen molar-refractivity contribution >= 4 is 28.8 Å². The molecule has 1 amide bonds. The molecule has 0 radical (unpaired) electrons. The van der Waals surface area contributed by atoms with Gasteiger partial charge in [0, 0.05) is 12.0 Å². The SMILES string of the molecule is CCc1nc2ccc(C)c(-c3cc(Cl)c4c(c3)CC(=O)N4)n2n1. The zero-order chi connectivity index (χ0) is 16.1. The van der Waals surface area contributed by atoms with Crippen LogP contribution in [0.3, 0.4) is 0 Å². The van der Waals surface area contributed by atoms with Gasteiger partial charge in [0.1, 0.15) is 0 Å². The fraction of sp³-hybridized carbons (Fsp3) is 0.235. The van der Waals surface area contributed by atoms with Crippen molar-refractivity contribution in [3.05, 3.63) is 46.2 Å². The molecule has 0 saturated carbocycles. The number of rotatable bonds is 2. The largest absolute Gasteiger partial charge is 0.324 e. The number of amides is 1. The molecule has 116 valence electrons. The standard InChI is InChI=1S/C17H15ClN4O/c1-3-13-19-14-5-4-9(2)17(22(14)21-13)11-6-10-8-15(23)20-16(10)12(18)7-11/h4-7H,3,8H2,1-2H3,(H,20,23). The third-order valence-electron chi connectivity index (χ3n) is 4.12. The lowest BCUT2D eigenvalue weighted by Crippen LogP contribution is -2.03. The molecule has 0 atom stereocenters. The highest BCUT2D eigenvalue weighted by Gasteiger charge is 2.22. The molecule has 0 aliphatic carbocycles. The molecule has 3 aromatic rings. The van der Waals surface area contributed by atoms with Crippen LogP contribution in [0.1, 0.15) is 23.9 Å². The van der Waals surface area contributed by atoms with Gasteiger partial charge in [0.25, 0.3) is 0 Å². The molecule has 4 rings (SSSR count). The molecule has 1 aromatic carbocycles. The minimum absolute atomic E-state index is 0.0250. The number of anilines is 1. The summed E-state index contributed by atoms with van der Waals surface area (Å²) in [6, 6.07) is 7.88. The molecule has 0 fully saturated rings. The van der Waals surface area contributed by atoms with Crippen LogP contribution >= 0.6 is 11.6 Å². The molecule has 1 N–H and O–H groups in total. The van der Waals surface area contributed by atoms with Crippen molar-refractivity contribution in [2.45, 2.75) is 26.7 Å². The second-order valence-corrected chi connectivity index (χ2v) is 6.14. The van der Waals surface area contributed by atoms with Crippen LogP contribution in [0.2, 0.25) is 5.02 Å². The summed E-state index contributed by atoms with van der Waals surface area (Å²) in [7, 11) is 0. The number of hydrogen-bond donors (Lipinski definition) is 1. The highest BCUT2D eigenvalue weighted by Crippen LogP contribution is 2.36. The van der Waals surface area contributed by atoms with Crippen molar-refractivity contribution < 1.29 is 4.79 Å². The van der Waals surface area contributed by atoms with Crippen molar-refractivity contribution in [2.24, 2.45) is 0 Å². The summed E-state index contributed by atoms with van der Waals surface area (Å²) in [5, 5.41) is 7.94. The van der Waals surface area contributed by atoms with Gasteiger partial charge in [-0.25, -0.2) is 9.50 Å². The number of benzene rings is 1. The normalized spacial score (nSPS) is 13.4. The van der Waals surface area contributed by atoms with E-state index in [1.54, 1.807) is 0 Å². The van der Waals surface area contributed by atoms with Gasteiger partial charge >= 0.3 is 0 Å². The van der Waals surface area contributed by atoms with Gasteiger partial charge < -0.3 is 5.32 Å². The van der Waals surface area contributed by atoms with Crippen molar-refractivity contribution in [1.82, 2.24) is 14.6 Å². The van der Waals surface area contributed by atoms with E-state index >= 15 is 0 Å². The van der Waals surface area contributed by atoms with E-state index in [-0.39, 0.29) is 5.91 Å². The highest BCUT2D eigenvalue weighted by molar-refractivity contribution is 6.34. The first-order valence-electron chi connectivity index (χ1n) is 7.54. The van der Waals surface area contributed by atoms with Crippen LogP contribution < -0.4 is 5.32 Å². The third-order valence-corrected chi connectivity index (χ3v) is 4.42. The number of fused-ring (bicyclic) bond motifs is 2. The summed E-state index contributed by atoms with van der Waals surface area (Å²) in [6.07, 6.45) is 1.14. The molecule has 23 heavy (non-hydrogen) atoms. The number of carbonyl (C=O) groups excluding carboxylic acids is 1. The van der Waals surface area contributed by atoms with Gasteiger partial charge in [0.15, 0.2) is 11.5 Å². The Labute approximate surface area is 138 Å². The molecule has 1 aliphatic heterocycles. The monoisotopic (exact) mass is 326 g/mol. The highest BCUT2D eigenvalue weighted by atomic mass is 35.5. The number of carbonyl (C=O) groups is 1. The zero-order valence-corrected chi connectivity index (χ0v) is 13.6. The van der Waals surface area contributed by atoms with Crippen LogP contribution in [0.5, 0.6) is 0 Å². The molecular formula is C17H15ClN4O. The first-order chi connectivity index (χ1) is 11.1. The van der Waals surface area contributed by atoms with E-state index in [0.717, 1.165) is 46.0 Å². The Balaban J connectivity index is 1.98. The first-order valence-corrected chi connectivity index (χ1v) is 7.92. The number of aromatic nitrogens is 3. The average Bonchev–Trinajstić information content (AvgIpc) is 3.09. The molecule has 6 heteroatoms. The molecule has 0 unspecified atom stereocenters. The second-order valence-electron chi connectivity index (χ2n) is 5.73. The number of pyridine rings is 1. The third kappa shape index (κ3) is 2.19. The number of halogens is 1. The fourth-order valence-corrected chi connectivity index (χ4v) is 3.31. The summed E-state index contributed by atoms with van der Waals surface area (Å²) in [4.78, 5) is 16.1. The Hall–Kier alpha value is -2.40. The van der Waals surface area contributed by atoms with Crippen LogP contribution in [-0.4, -0.2) is 20.5 Å². The lowest BCUT2D eigenvalue weighted by molar-refractivity contribution is -0.115. The maximum absolute atomic E-state index is 11.6. The Kier molecular flexibility index (Phi) is 3.13. The van der Waals surface area contributed by atoms with Crippen LogP contribution in [-0.2, 0) is 17.6 Å². The Bertz CT molecular complexity index is 961. The number of hydrogen-bond acceptors (Lipinski definition) is 3. The average molecular weight is 327 g/mol. The summed E-state index contributed by atoms with van der Waals surface area (Å²) in [5.41, 5.74) is 5.44. The van der Waals surface area contributed by atoms with Crippen LogP contribution in [0.25, 0.3) is 16.9 Å². The Morgan fingerprint density at radius 3 is 2.96 bits per heavy atom. The van der Waals surface area contributed by atoms with E-state index in [1.807, 2.05) is 42.6 Å². The number of nitrogens with one attached hydrogen (secondary N) is 1. The minimum atomic E-state index is -0.0250. The minimum Gasteiger partial charge on any atom is -0.324 e. The molecule has 2 aromatic heterocycles. The van der Waals surface area contributed by atoms with Gasteiger partial charge in [-0.1, -0.05) is 24.6 Å². The van der Waals surface area contributed by atoms with Crippen molar-refractivity contribution in [1.29, 1.82) is 0 Å². The van der Waals surface area contributed by atoms with Crippen molar-refractivity contribution in [3.8, 4) is 11.3 Å². The summed E-state index contributed by atoms with van der Waals surface area (Å²) in [5.74, 6) is 0.781. The zero-order valence-electron chi connectivity index (χ0n) is 12.9. The molecule has 0 saturated heterocycles. The molecule has 5 nitrogen and oxygen atoms in total. The number of aryl methyl sites for hydroxylation is 2. The van der Waals surface area contributed by atoms with E-state index in [4.69, 9.17) is 11.6 Å². The first kappa shape index (κ1) is 14.2. The van der Waals surface area contributed by atoms with Gasteiger partial charge in [-0.3, -0.25) is 4.79 Å². The van der Waals surface area contributed by atoms with Crippen LogP contribution in [0, 0.1) is 6.92 Å². The van der Waals surface area contributed by atoms with E-state index in [0.29, 0.717) is 11.4 Å². The number of nitrogens with zero attached hydrogens (tertiary/aromatic N) is 3. The van der Waals surface area contributed by atoms with Gasteiger partial charge in [-0.15, -0.1) is 0 Å². The van der Waals surface area contributed by atoms with E-state index in [2.05, 4.69) is 15.4 Å². The van der Waals surface area contributed by atoms with E-state index < -0.39 is 0 Å². The van der Waals surface area contributed by atoms with Gasteiger partial charge in [0.05, 0.1) is 22.8 Å².